The highest BCUT2D eigenvalue weighted by molar-refractivity contribution is 5.95. The number of carbonyl (C=O) groups is 3. The van der Waals surface area contributed by atoms with Crippen LogP contribution in [0.15, 0.2) is 30.5 Å². The zero-order chi connectivity index (χ0) is 37.2. The molecule has 2 atom stereocenters. The first-order valence-corrected chi connectivity index (χ1v) is 17.3. The van der Waals surface area contributed by atoms with E-state index in [0.29, 0.717) is 56.1 Å². The van der Waals surface area contributed by atoms with E-state index in [1.54, 1.807) is 29.0 Å². The number of rotatable bonds is 9. The number of halogens is 2. The van der Waals surface area contributed by atoms with Gasteiger partial charge < -0.3 is 34.1 Å². The van der Waals surface area contributed by atoms with E-state index in [1.165, 1.54) is 32.5 Å². The second-order valence-electron chi connectivity index (χ2n) is 13.1. The Morgan fingerprint density at radius 1 is 1.02 bits per heavy atom. The van der Waals surface area contributed by atoms with E-state index in [9.17, 15) is 23.2 Å². The SMILES string of the molecule is COC(=O)[C@H](NC(=O)c1nnc2ccc(-c3cnc(N(C)c4nn(C5CCOCC5)c5c4CN(C(=O)OC)CC5)cc3C(F)F)cc2n1)[C@@H]1CCOC1. The number of amides is 2. The van der Waals surface area contributed by atoms with E-state index >= 15 is 0 Å². The lowest BCUT2D eigenvalue weighted by atomic mass is 9.99. The molecule has 16 nitrogen and oxygen atoms in total. The van der Waals surface area contributed by atoms with Gasteiger partial charge in [0.2, 0.25) is 5.82 Å². The number of nitrogens with one attached hydrogen (secondary N) is 1. The van der Waals surface area contributed by atoms with Crippen LogP contribution in [0.4, 0.5) is 25.2 Å². The number of nitrogens with zero attached hydrogens (tertiary/aromatic N) is 8. The second-order valence-corrected chi connectivity index (χ2v) is 13.1. The first kappa shape index (κ1) is 36.0. The molecular formula is C35H39F2N9O7. The molecule has 3 aliphatic rings. The standard InChI is InChI=1S/C35H39F2N9O7/c1-44(32-24-17-45(35(49)51-3)10-6-27(24)46(43-32)21-8-12-52-13-9-21)28-15-22(30(36)37)23(16-38-28)19-4-5-25-26(14-19)39-31(42-41-25)33(47)40-29(34(48)50-2)20-7-11-53-18-20/h4-5,14-16,20-21,29-30H,6-13,17-18H2,1-3H3,(H,40,47)/t20-,29-/m1/s1. The van der Waals surface area contributed by atoms with Crippen LogP contribution in [0.1, 0.15) is 59.2 Å². The molecule has 280 valence electrons. The number of fused-ring (bicyclic) bond motifs is 2. The van der Waals surface area contributed by atoms with Crippen LogP contribution in [0.3, 0.4) is 0 Å². The summed E-state index contributed by atoms with van der Waals surface area (Å²) < 4.78 is 52.4. The van der Waals surface area contributed by atoms with Gasteiger partial charge in [-0.05, 0) is 43.0 Å². The number of anilines is 2. The third kappa shape index (κ3) is 7.20. The Morgan fingerprint density at radius 3 is 2.53 bits per heavy atom. The Bertz CT molecular complexity index is 2020. The molecule has 53 heavy (non-hydrogen) atoms. The van der Waals surface area contributed by atoms with E-state index in [4.69, 9.17) is 24.0 Å². The van der Waals surface area contributed by atoms with E-state index in [-0.39, 0.29) is 53.4 Å². The second kappa shape index (κ2) is 15.3. The molecule has 0 bridgehead atoms. The molecule has 0 spiro atoms. The third-order valence-corrected chi connectivity index (χ3v) is 10.00. The number of pyridine rings is 1. The van der Waals surface area contributed by atoms with Gasteiger partial charge in [-0.3, -0.25) is 9.48 Å². The molecule has 0 unspecified atom stereocenters. The number of aromatic nitrogens is 6. The Morgan fingerprint density at radius 2 is 1.81 bits per heavy atom. The first-order valence-electron chi connectivity index (χ1n) is 17.3. The van der Waals surface area contributed by atoms with Gasteiger partial charge in [-0.25, -0.2) is 28.3 Å². The minimum absolute atomic E-state index is 0.102. The van der Waals surface area contributed by atoms with E-state index in [1.807, 2.05) is 4.68 Å². The van der Waals surface area contributed by atoms with Gasteiger partial charge >= 0.3 is 12.1 Å². The average Bonchev–Trinajstić information content (AvgIpc) is 3.87. The summed E-state index contributed by atoms with van der Waals surface area (Å²) in [6.45, 7) is 2.66. The van der Waals surface area contributed by atoms with Gasteiger partial charge in [0.25, 0.3) is 12.3 Å². The number of hydrogen-bond donors (Lipinski definition) is 1. The van der Waals surface area contributed by atoms with Crippen LogP contribution in [-0.4, -0.2) is 113 Å². The number of hydrogen-bond acceptors (Lipinski definition) is 13. The Kier molecular flexibility index (Phi) is 10.4. The maximum atomic E-state index is 14.8. The fourth-order valence-electron chi connectivity index (χ4n) is 7.10. The zero-order valence-electron chi connectivity index (χ0n) is 29.5. The highest BCUT2D eigenvalue weighted by atomic mass is 19.3. The number of methoxy groups -OCH3 is 2. The molecule has 4 aromatic rings. The number of alkyl halides is 2. The molecule has 0 aliphatic carbocycles. The molecule has 1 aromatic carbocycles. The van der Waals surface area contributed by atoms with Crippen LogP contribution in [-0.2, 0) is 36.7 Å². The molecule has 2 saturated heterocycles. The molecule has 6 heterocycles. The smallest absolute Gasteiger partial charge is 0.409 e. The van der Waals surface area contributed by atoms with E-state index in [2.05, 4.69) is 25.5 Å². The summed E-state index contributed by atoms with van der Waals surface area (Å²) in [5.74, 6) is -1.21. The van der Waals surface area contributed by atoms with Gasteiger partial charge in [-0.2, -0.15) is 5.10 Å². The Labute approximate surface area is 302 Å². The molecule has 0 radical (unpaired) electrons. The molecule has 0 saturated carbocycles. The molecule has 2 fully saturated rings. The van der Waals surface area contributed by atoms with Crippen molar-refractivity contribution in [2.75, 3.05) is 59.1 Å². The molecule has 2 amide bonds. The van der Waals surface area contributed by atoms with Gasteiger partial charge in [-0.1, -0.05) is 6.07 Å². The maximum Gasteiger partial charge on any atom is 0.409 e. The molecule has 7 rings (SSSR count). The van der Waals surface area contributed by atoms with Gasteiger partial charge in [0.05, 0.1) is 38.9 Å². The number of ether oxygens (including phenoxy) is 4. The quantitative estimate of drug-likeness (QED) is 0.246. The van der Waals surface area contributed by atoms with Crippen LogP contribution >= 0.6 is 0 Å². The first-order chi connectivity index (χ1) is 25.7. The van der Waals surface area contributed by atoms with Crippen molar-refractivity contribution in [3.05, 3.63) is 53.1 Å². The summed E-state index contributed by atoms with van der Waals surface area (Å²) in [4.78, 5) is 50.3. The fourth-order valence-corrected chi connectivity index (χ4v) is 7.10. The third-order valence-electron chi connectivity index (χ3n) is 10.00. The summed E-state index contributed by atoms with van der Waals surface area (Å²) in [5, 5.41) is 15.6. The minimum Gasteiger partial charge on any atom is -0.467 e. The molecule has 1 N–H and O–H groups in total. The molecular weight excluding hydrogens is 696 g/mol. The summed E-state index contributed by atoms with van der Waals surface area (Å²) in [7, 11) is 4.27. The van der Waals surface area contributed by atoms with Crippen molar-refractivity contribution in [3.8, 4) is 11.1 Å². The Balaban J connectivity index is 1.19. The molecule has 18 heteroatoms. The van der Waals surface area contributed by atoms with Crippen molar-refractivity contribution in [2.24, 2.45) is 5.92 Å². The topological polar surface area (TPSA) is 176 Å². The number of esters is 1. The van der Waals surface area contributed by atoms with E-state index < -0.39 is 30.4 Å². The lowest BCUT2D eigenvalue weighted by molar-refractivity contribution is -0.144. The van der Waals surface area contributed by atoms with Gasteiger partial charge in [0, 0.05) is 74.3 Å². The zero-order valence-corrected chi connectivity index (χ0v) is 29.5. The van der Waals surface area contributed by atoms with Gasteiger partial charge in [-0.15, -0.1) is 10.2 Å². The minimum atomic E-state index is -2.88. The summed E-state index contributed by atoms with van der Waals surface area (Å²) in [6.07, 6.45) is 0.709. The Hall–Kier alpha value is -5.36. The van der Waals surface area contributed by atoms with Gasteiger partial charge in [0.15, 0.2) is 5.82 Å². The van der Waals surface area contributed by atoms with Crippen molar-refractivity contribution >= 4 is 40.6 Å². The van der Waals surface area contributed by atoms with Crippen LogP contribution in [0.2, 0.25) is 0 Å². The van der Waals surface area contributed by atoms with Crippen molar-refractivity contribution < 1.29 is 42.1 Å². The highest BCUT2D eigenvalue weighted by Crippen LogP contribution is 2.38. The van der Waals surface area contributed by atoms with Crippen molar-refractivity contribution in [1.82, 2.24) is 40.2 Å². The molecule has 3 aromatic heterocycles. The lowest BCUT2D eigenvalue weighted by Gasteiger charge is -2.29. The summed E-state index contributed by atoms with van der Waals surface area (Å²) >= 11 is 0. The fraction of sp³-hybridized carbons (Fsp3) is 0.486. The normalized spacial score (nSPS) is 18.2. The van der Waals surface area contributed by atoms with Crippen molar-refractivity contribution in [1.29, 1.82) is 0 Å². The predicted octanol–water partition coefficient (Wildman–Crippen LogP) is 3.77. The van der Waals surface area contributed by atoms with Crippen LogP contribution in [0.5, 0.6) is 0 Å². The monoisotopic (exact) mass is 735 g/mol. The largest absolute Gasteiger partial charge is 0.467 e. The number of carbonyl (C=O) groups excluding carboxylic acids is 3. The highest BCUT2D eigenvalue weighted by Gasteiger charge is 2.35. The van der Waals surface area contributed by atoms with Gasteiger partial charge in [0.1, 0.15) is 17.4 Å². The maximum absolute atomic E-state index is 14.8. The summed E-state index contributed by atoms with van der Waals surface area (Å²) in [5.41, 5.74) is 2.58. The van der Waals surface area contributed by atoms with E-state index in [0.717, 1.165) is 24.1 Å². The predicted molar refractivity (Wildman–Crippen MR) is 184 cm³/mol. The average molecular weight is 736 g/mol. The van der Waals surface area contributed by atoms with Crippen molar-refractivity contribution in [3.63, 3.8) is 0 Å². The molecule has 3 aliphatic heterocycles. The van der Waals surface area contributed by atoms with Crippen LogP contribution < -0.4 is 10.2 Å². The van der Waals surface area contributed by atoms with Crippen LogP contribution in [0.25, 0.3) is 22.2 Å². The number of benzene rings is 1. The van der Waals surface area contributed by atoms with Crippen LogP contribution in [0, 0.1) is 5.92 Å². The van der Waals surface area contributed by atoms with Crippen molar-refractivity contribution in [2.45, 2.75) is 50.7 Å². The summed E-state index contributed by atoms with van der Waals surface area (Å²) in [6, 6.07) is 5.16. The lowest BCUT2D eigenvalue weighted by Crippen LogP contribution is -2.47.